The molecule has 0 saturated heterocycles. The van der Waals surface area contributed by atoms with E-state index in [1.165, 1.54) is 13.0 Å². The highest BCUT2D eigenvalue weighted by molar-refractivity contribution is 7.92. The number of rotatable bonds is 10. The molecule has 0 aliphatic carbocycles. The van der Waals surface area contributed by atoms with Gasteiger partial charge >= 0.3 is 0 Å². The Kier molecular flexibility index (Phi) is 8.40. The van der Waals surface area contributed by atoms with Gasteiger partial charge in [-0.25, -0.2) is 8.42 Å². The van der Waals surface area contributed by atoms with Crippen LogP contribution in [-0.4, -0.2) is 44.0 Å². The van der Waals surface area contributed by atoms with Gasteiger partial charge in [0.05, 0.1) is 11.4 Å². The molecule has 0 heterocycles. The van der Waals surface area contributed by atoms with Crippen LogP contribution in [0.4, 0.5) is 11.4 Å². The largest absolute Gasteiger partial charge is 0.343 e. The summed E-state index contributed by atoms with van der Waals surface area (Å²) in [6.45, 7) is 6.62. The van der Waals surface area contributed by atoms with Crippen LogP contribution in [0.2, 0.25) is 0 Å². The first kappa shape index (κ1) is 21.0. The molecule has 0 saturated carbocycles. The highest BCUT2D eigenvalue weighted by atomic mass is 32.2. The third-order valence-electron chi connectivity index (χ3n) is 3.38. The maximum atomic E-state index is 12.2. The van der Waals surface area contributed by atoms with Crippen LogP contribution < -0.4 is 10.0 Å². The van der Waals surface area contributed by atoms with Gasteiger partial charge in [0.1, 0.15) is 0 Å². The summed E-state index contributed by atoms with van der Waals surface area (Å²) in [6, 6.07) is 6.42. The summed E-state index contributed by atoms with van der Waals surface area (Å²) in [5.41, 5.74) is 0.846. The molecule has 0 radical (unpaired) electrons. The summed E-state index contributed by atoms with van der Waals surface area (Å²) in [7, 11) is -3.65. The number of sulfonamides is 1. The van der Waals surface area contributed by atoms with Gasteiger partial charge in [0, 0.05) is 32.1 Å². The van der Waals surface area contributed by atoms with E-state index in [1.54, 1.807) is 23.1 Å². The van der Waals surface area contributed by atoms with Gasteiger partial charge in [-0.15, -0.1) is 0 Å². The minimum absolute atomic E-state index is 0.0548. The fraction of sp³-hybridized carbons (Fsp3) is 0.529. The average Bonchev–Trinajstić information content (AvgIpc) is 2.52. The zero-order chi connectivity index (χ0) is 18.9. The van der Waals surface area contributed by atoms with Crippen LogP contribution in [0.3, 0.4) is 0 Å². The predicted octanol–water partition coefficient (Wildman–Crippen LogP) is 2.43. The van der Waals surface area contributed by atoms with Crippen LogP contribution in [0.25, 0.3) is 0 Å². The second-order valence-corrected chi connectivity index (χ2v) is 7.66. The molecule has 0 spiro atoms. The van der Waals surface area contributed by atoms with Gasteiger partial charge in [-0.3, -0.25) is 14.3 Å². The smallest absolute Gasteiger partial charge is 0.233 e. The topological polar surface area (TPSA) is 95.6 Å². The van der Waals surface area contributed by atoms with Crippen molar-refractivity contribution < 1.29 is 18.0 Å². The predicted molar refractivity (Wildman–Crippen MR) is 99.9 cm³/mol. The molecule has 8 heteroatoms. The number of hydrogen-bond acceptors (Lipinski definition) is 4. The summed E-state index contributed by atoms with van der Waals surface area (Å²) in [5.74, 6) is -0.668. The number of anilines is 2. The quantitative estimate of drug-likeness (QED) is 0.662. The number of benzene rings is 1. The first-order valence-electron chi connectivity index (χ1n) is 8.43. The maximum absolute atomic E-state index is 12.2. The molecule has 1 aromatic carbocycles. The maximum Gasteiger partial charge on any atom is 0.233 e. The highest BCUT2D eigenvalue weighted by Crippen LogP contribution is 2.16. The molecular weight excluding hydrogens is 342 g/mol. The summed E-state index contributed by atoms with van der Waals surface area (Å²) in [5, 5.41) is 2.59. The Morgan fingerprint density at radius 3 is 2.24 bits per heavy atom. The molecule has 7 nitrogen and oxygen atoms in total. The van der Waals surface area contributed by atoms with Crippen molar-refractivity contribution in [2.24, 2.45) is 0 Å². The monoisotopic (exact) mass is 369 g/mol. The lowest BCUT2D eigenvalue weighted by molar-refractivity contribution is -0.130. The van der Waals surface area contributed by atoms with Crippen LogP contribution in [-0.2, 0) is 19.6 Å². The van der Waals surface area contributed by atoms with E-state index in [2.05, 4.69) is 10.0 Å². The fourth-order valence-electron chi connectivity index (χ4n) is 2.38. The van der Waals surface area contributed by atoms with Gasteiger partial charge in [-0.2, -0.15) is 0 Å². The summed E-state index contributed by atoms with van der Waals surface area (Å²) < 4.78 is 26.9. The molecule has 0 atom stereocenters. The summed E-state index contributed by atoms with van der Waals surface area (Å²) >= 11 is 0. The van der Waals surface area contributed by atoms with Gasteiger partial charge < -0.3 is 10.2 Å². The Labute approximate surface area is 149 Å². The van der Waals surface area contributed by atoms with E-state index < -0.39 is 10.0 Å². The van der Waals surface area contributed by atoms with Crippen LogP contribution in [0.5, 0.6) is 0 Å². The van der Waals surface area contributed by atoms with Crippen LogP contribution in [0, 0.1) is 0 Å². The zero-order valence-corrected chi connectivity index (χ0v) is 15.9. The van der Waals surface area contributed by atoms with Gasteiger partial charge in [-0.1, -0.05) is 19.9 Å². The molecule has 0 aliphatic heterocycles. The van der Waals surface area contributed by atoms with E-state index in [-0.39, 0.29) is 24.0 Å². The Bertz CT molecular complexity index is 683. The van der Waals surface area contributed by atoms with E-state index in [9.17, 15) is 18.0 Å². The second kappa shape index (κ2) is 10.0. The van der Waals surface area contributed by atoms with E-state index in [1.807, 2.05) is 13.8 Å². The molecule has 2 N–H and O–H groups in total. The normalized spacial score (nSPS) is 11.0. The first-order chi connectivity index (χ1) is 11.8. The minimum atomic E-state index is -3.65. The third-order valence-corrected chi connectivity index (χ3v) is 4.67. The van der Waals surface area contributed by atoms with Gasteiger partial charge in [0.15, 0.2) is 0 Å². The van der Waals surface area contributed by atoms with E-state index in [0.29, 0.717) is 24.5 Å². The molecule has 25 heavy (non-hydrogen) atoms. The summed E-state index contributed by atoms with van der Waals surface area (Å²) in [4.78, 5) is 25.0. The van der Waals surface area contributed by atoms with E-state index in [0.717, 1.165) is 12.8 Å². The molecule has 1 rings (SSSR count). The van der Waals surface area contributed by atoms with Crippen LogP contribution >= 0.6 is 0 Å². The molecule has 0 aliphatic rings. The van der Waals surface area contributed by atoms with Crippen molar-refractivity contribution in [3.63, 3.8) is 0 Å². The molecular formula is C17H27N3O4S. The van der Waals surface area contributed by atoms with Crippen molar-refractivity contribution in [3.8, 4) is 0 Å². The molecule has 0 aromatic heterocycles. The molecule has 0 fully saturated rings. The molecule has 2 amide bonds. The molecule has 140 valence electrons. The first-order valence-corrected chi connectivity index (χ1v) is 10.1. The highest BCUT2D eigenvalue weighted by Gasteiger charge is 2.17. The minimum Gasteiger partial charge on any atom is -0.343 e. The molecule has 1 aromatic rings. The van der Waals surface area contributed by atoms with Crippen molar-refractivity contribution in [2.75, 3.05) is 28.9 Å². The Hall–Kier alpha value is -2.09. The number of amides is 2. The van der Waals surface area contributed by atoms with E-state index >= 15 is 0 Å². The zero-order valence-electron chi connectivity index (χ0n) is 15.0. The van der Waals surface area contributed by atoms with Crippen molar-refractivity contribution in [1.82, 2.24) is 4.90 Å². The number of nitrogens with zero attached hydrogens (tertiary/aromatic N) is 1. The number of nitrogens with one attached hydrogen (secondary N) is 2. The number of hydrogen-bond donors (Lipinski definition) is 2. The van der Waals surface area contributed by atoms with Gasteiger partial charge in [0.25, 0.3) is 0 Å². The number of carbonyl (C=O) groups is 2. The lowest BCUT2D eigenvalue weighted by Crippen LogP contribution is -2.34. The Morgan fingerprint density at radius 2 is 1.68 bits per heavy atom. The SMILES string of the molecule is CCCN(CCC)C(=O)CCS(=O)(=O)Nc1cccc(NC(C)=O)c1. The molecule has 0 bridgehead atoms. The fourth-order valence-corrected chi connectivity index (χ4v) is 3.41. The van der Waals surface area contributed by atoms with Crippen LogP contribution in [0.15, 0.2) is 24.3 Å². The van der Waals surface area contributed by atoms with Crippen molar-refractivity contribution in [1.29, 1.82) is 0 Å². The molecule has 0 unspecified atom stereocenters. The summed E-state index contributed by atoms with van der Waals surface area (Å²) in [6.07, 6.45) is 1.63. The second-order valence-electron chi connectivity index (χ2n) is 5.81. The third kappa shape index (κ3) is 8.02. The standard InChI is InChI=1S/C17H27N3O4S/c1-4-10-20(11-5-2)17(22)9-12-25(23,24)19-16-8-6-7-15(13-16)18-14(3)21/h6-8,13,19H,4-5,9-12H2,1-3H3,(H,18,21). The number of carbonyl (C=O) groups excluding carboxylic acids is 2. The van der Waals surface area contributed by atoms with Crippen LogP contribution in [0.1, 0.15) is 40.0 Å². The van der Waals surface area contributed by atoms with Gasteiger partial charge in [0.2, 0.25) is 21.8 Å². The van der Waals surface area contributed by atoms with Crippen molar-refractivity contribution >= 4 is 33.2 Å². The Morgan fingerprint density at radius 1 is 1.08 bits per heavy atom. The van der Waals surface area contributed by atoms with Gasteiger partial charge in [-0.05, 0) is 31.0 Å². The average molecular weight is 369 g/mol. The lowest BCUT2D eigenvalue weighted by Gasteiger charge is -2.21. The van der Waals surface area contributed by atoms with Crippen molar-refractivity contribution in [3.05, 3.63) is 24.3 Å². The van der Waals surface area contributed by atoms with Crippen molar-refractivity contribution in [2.45, 2.75) is 40.0 Å². The van der Waals surface area contributed by atoms with E-state index in [4.69, 9.17) is 0 Å². The lowest BCUT2D eigenvalue weighted by atomic mass is 10.3. The Balaban J connectivity index is 2.66.